The van der Waals surface area contributed by atoms with Crippen LogP contribution in [0.5, 0.6) is 0 Å². The van der Waals surface area contributed by atoms with E-state index in [2.05, 4.69) is 5.32 Å². The van der Waals surface area contributed by atoms with E-state index in [1.165, 1.54) is 4.57 Å². The molecule has 4 rings (SSSR count). The van der Waals surface area contributed by atoms with Crippen molar-refractivity contribution in [3.8, 4) is 11.3 Å². The zero-order valence-corrected chi connectivity index (χ0v) is 20.9. The first-order chi connectivity index (χ1) is 16.5. The summed E-state index contributed by atoms with van der Waals surface area (Å²) in [5.74, 6) is -0.634. The van der Waals surface area contributed by atoms with Crippen molar-refractivity contribution in [2.75, 3.05) is 6.61 Å². The van der Waals surface area contributed by atoms with E-state index in [9.17, 15) is 14.4 Å². The normalized spacial score (nSPS) is 13.9. The number of ether oxygens (including phenoxy) is 2. The van der Waals surface area contributed by atoms with Gasteiger partial charge in [-0.05, 0) is 57.5 Å². The second-order valence-electron chi connectivity index (χ2n) is 9.41. The highest BCUT2D eigenvalue weighted by Crippen LogP contribution is 2.37. The highest BCUT2D eigenvalue weighted by molar-refractivity contribution is 6.32. The lowest BCUT2D eigenvalue weighted by Gasteiger charge is -2.21. The average Bonchev–Trinajstić information content (AvgIpc) is 3.34. The number of amides is 1. The van der Waals surface area contributed by atoms with E-state index >= 15 is 0 Å². The summed E-state index contributed by atoms with van der Waals surface area (Å²) in [7, 11) is 0. The molecule has 35 heavy (non-hydrogen) atoms. The molecular weight excluding hydrogens is 470 g/mol. The molecule has 0 saturated heterocycles. The lowest BCUT2D eigenvalue weighted by molar-refractivity contribution is -0.143. The molecule has 2 heterocycles. The van der Waals surface area contributed by atoms with Gasteiger partial charge in [-0.3, -0.25) is 9.59 Å². The summed E-state index contributed by atoms with van der Waals surface area (Å²) in [6.45, 7) is 7.71. The molecular formula is C26H28ClN3O5. The molecule has 1 unspecified atom stereocenters. The summed E-state index contributed by atoms with van der Waals surface area (Å²) in [4.78, 5) is 37.9. The van der Waals surface area contributed by atoms with Gasteiger partial charge in [0, 0.05) is 34.1 Å². The molecule has 0 aliphatic carbocycles. The number of carbonyl (C=O) groups excluding carboxylic acids is 3. The molecule has 2 aromatic carbocycles. The SMILES string of the molecule is CCOC(=O)CC(N)c1ccc2c(c1)cc(-c1ccc(Cl)c3c1C(=O)NC3)n2C(=O)OC(C)(C)C. The third-order valence-corrected chi connectivity index (χ3v) is 6.06. The fourth-order valence-electron chi connectivity index (χ4n) is 4.21. The molecule has 3 N–H and O–H groups in total. The molecule has 9 heteroatoms. The fourth-order valence-corrected chi connectivity index (χ4v) is 4.43. The van der Waals surface area contributed by atoms with Crippen LogP contribution in [0.25, 0.3) is 22.2 Å². The average molecular weight is 498 g/mol. The van der Waals surface area contributed by atoms with Crippen LogP contribution in [-0.2, 0) is 20.8 Å². The molecule has 1 amide bonds. The maximum atomic E-state index is 13.3. The number of esters is 1. The molecule has 1 aliphatic heterocycles. The van der Waals surface area contributed by atoms with E-state index in [0.717, 1.165) is 5.56 Å². The topological polar surface area (TPSA) is 113 Å². The number of nitrogens with one attached hydrogen (secondary N) is 1. The quantitative estimate of drug-likeness (QED) is 0.483. The van der Waals surface area contributed by atoms with E-state index < -0.39 is 17.7 Å². The zero-order chi connectivity index (χ0) is 25.5. The zero-order valence-electron chi connectivity index (χ0n) is 20.1. The van der Waals surface area contributed by atoms with Gasteiger partial charge in [-0.15, -0.1) is 0 Å². The van der Waals surface area contributed by atoms with Crippen molar-refractivity contribution in [3.05, 3.63) is 58.1 Å². The maximum Gasteiger partial charge on any atom is 0.419 e. The number of fused-ring (bicyclic) bond motifs is 2. The van der Waals surface area contributed by atoms with Crippen LogP contribution in [0.4, 0.5) is 4.79 Å². The van der Waals surface area contributed by atoms with Crippen molar-refractivity contribution in [3.63, 3.8) is 0 Å². The van der Waals surface area contributed by atoms with Crippen molar-refractivity contribution in [2.24, 2.45) is 5.73 Å². The summed E-state index contributed by atoms with van der Waals surface area (Å²) in [6.07, 6.45) is -0.544. The third-order valence-electron chi connectivity index (χ3n) is 5.71. The predicted molar refractivity (Wildman–Crippen MR) is 133 cm³/mol. The largest absolute Gasteiger partial charge is 0.466 e. The Kier molecular flexibility index (Phi) is 6.62. The molecule has 0 saturated carbocycles. The van der Waals surface area contributed by atoms with Gasteiger partial charge in [-0.25, -0.2) is 9.36 Å². The first-order valence-corrected chi connectivity index (χ1v) is 11.8. The van der Waals surface area contributed by atoms with Gasteiger partial charge in [0.15, 0.2) is 0 Å². The first kappa shape index (κ1) is 24.8. The van der Waals surface area contributed by atoms with E-state index in [0.29, 0.717) is 44.9 Å². The van der Waals surface area contributed by atoms with Gasteiger partial charge < -0.3 is 20.5 Å². The third kappa shape index (κ3) is 4.90. The molecule has 0 spiro atoms. The van der Waals surface area contributed by atoms with Gasteiger partial charge >= 0.3 is 12.1 Å². The Morgan fingerprint density at radius 1 is 1.20 bits per heavy atom. The number of hydrogen-bond acceptors (Lipinski definition) is 6. The number of aromatic nitrogens is 1. The van der Waals surface area contributed by atoms with Crippen molar-refractivity contribution >= 4 is 40.5 Å². The number of hydrogen-bond donors (Lipinski definition) is 2. The Morgan fingerprint density at radius 2 is 1.94 bits per heavy atom. The minimum Gasteiger partial charge on any atom is -0.466 e. The summed E-state index contributed by atoms with van der Waals surface area (Å²) < 4.78 is 12.2. The Morgan fingerprint density at radius 3 is 2.63 bits per heavy atom. The van der Waals surface area contributed by atoms with Crippen LogP contribution < -0.4 is 11.1 Å². The Labute approximate surface area is 208 Å². The molecule has 1 aromatic heterocycles. The number of nitrogens with two attached hydrogens (primary N) is 1. The number of nitrogens with zero attached hydrogens (tertiary/aromatic N) is 1. The van der Waals surface area contributed by atoms with E-state index in [4.69, 9.17) is 26.8 Å². The lowest BCUT2D eigenvalue weighted by atomic mass is 10.00. The molecule has 8 nitrogen and oxygen atoms in total. The number of benzene rings is 2. The molecule has 0 bridgehead atoms. The van der Waals surface area contributed by atoms with Gasteiger partial charge in [0.05, 0.1) is 29.8 Å². The van der Waals surface area contributed by atoms with E-state index in [-0.39, 0.29) is 24.9 Å². The summed E-state index contributed by atoms with van der Waals surface area (Å²) in [5.41, 5.74) is 9.02. The van der Waals surface area contributed by atoms with Crippen molar-refractivity contribution in [2.45, 2.75) is 52.3 Å². The molecule has 1 aliphatic rings. The monoisotopic (exact) mass is 497 g/mol. The molecule has 184 valence electrons. The second-order valence-corrected chi connectivity index (χ2v) is 9.82. The summed E-state index contributed by atoms with van der Waals surface area (Å²) in [5, 5.41) is 3.99. The highest BCUT2D eigenvalue weighted by Gasteiger charge is 2.30. The van der Waals surface area contributed by atoms with Crippen LogP contribution in [0.15, 0.2) is 36.4 Å². The van der Waals surface area contributed by atoms with E-state index in [1.807, 2.05) is 12.1 Å². The van der Waals surface area contributed by atoms with Crippen LogP contribution in [0.3, 0.4) is 0 Å². The Bertz CT molecular complexity index is 1340. The summed E-state index contributed by atoms with van der Waals surface area (Å²) >= 11 is 6.34. The van der Waals surface area contributed by atoms with Gasteiger partial charge in [0.1, 0.15) is 5.60 Å². The molecule has 0 fully saturated rings. The smallest absolute Gasteiger partial charge is 0.419 e. The highest BCUT2D eigenvalue weighted by atomic mass is 35.5. The number of halogens is 1. The Hall–Kier alpha value is -3.36. The van der Waals surface area contributed by atoms with Crippen LogP contribution in [0, 0.1) is 0 Å². The van der Waals surface area contributed by atoms with Gasteiger partial charge in [-0.1, -0.05) is 23.7 Å². The number of carbonyl (C=O) groups is 3. The van der Waals surface area contributed by atoms with Crippen LogP contribution in [-0.4, -0.2) is 34.7 Å². The predicted octanol–water partition coefficient (Wildman–Crippen LogP) is 4.94. The molecule has 0 radical (unpaired) electrons. The second kappa shape index (κ2) is 9.36. The van der Waals surface area contributed by atoms with Crippen molar-refractivity contribution < 1.29 is 23.9 Å². The lowest BCUT2D eigenvalue weighted by Crippen LogP contribution is -2.27. The van der Waals surface area contributed by atoms with Crippen molar-refractivity contribution in [1.29, 1.82) is 0 Å². The molecule has 1 atom stereocenters. The first-order valence-electron chi connectivity index (χ1n) is 11.4. The van der Waals surface area contributed by atoms with Gasteiger partial charge in [-0.2, -0.15) is 0 Å². The molecule has 3 aromatic rings. The summed E-state index contributed by atoms with van der Waals surface area (Å²) in [6, 6.07) is 10.1. The van der Waals surface area contributed by atoms with Crippen molar-refractivity contribution in [1.82, 2.24) is 9.88 Å². The Balaban J connectivity index is 1.88. The van der Waals surface area contributed by atoms with Crippen LogP contribution >= 0.6 is 11.6 Å². The minimum absolute atomic E-state index is 0.0316. The van der Waals surface area contributed by atoms with Crippen LogP contribution in [0.2, 0.25) is 5.02 Å². The van der Waals surface area contributed by atoms with E-state index in [1.54, 1.807) is 52.0 Å². The number of rotatable bonds is 5. The van der Waals surface area contributed by atoms with Crippen LogP contribution in [0.1, 0.15) is 61.6 Å². The van der Waals surface area contributed by atoms with Gasteiger partial charge in [0.25, 0.3) is 5.91 Å². The maximum absolute atomic E-state index is 13.3. The fraction of sp³-hybridized carbons (Fsp3) is 0.346. The minimum atomic E-state index is -0.730. The standard InChI is InChI=1S/C26H28ClN3O5/c1-5-34-22(31)12-19(28)14-6-9-20-15(10-14)11-21(30(20)25(33)35-26(2,3)4)16-7-8-18(27)17-13-29-24(32)23(16)17/h6-11,19H,5,12-13,28H2,1-4H3,(H,29,32). The van der Waals surface area contributed by atoms with Gasteiger partial charge in [0.2, 0.25) is 0 Å².